The summed E-state index contributed by atoms with van der Waals surface area (Å²) in [7, 11) is 0. The van der Waals surface area contributed by atoms with Crippen molar-refractivity contribution in [3.8, 4) is 0 Å². The van der Waals surface area contributed by atoms with Gasteiger partial charge < -0.3 is 16.4 Å². The van der Waals surface area contributed by atoms with Crippen LogP contribution in [0.15, 0.2) is 54.2 Å². The lowest BCUT2D eigenvalue weighted by molar-refractivity contribution is -0.116. The molecule has 7 heteroatoms. The number of rotatable bonds is 4. The van der Waals surface area contributed by atoms with Crippen molar-refractivity contribution in [2.45, 2.75) is 12.8 Å². The van der Waals surface area contributed by atoms with Gasteiger partial charge in [0.25, 0.3) is 5.91 Å². The minimum atomic E-state index is -0.568. The van der Waals surface area contributed by atoms with Crippen molar-refractivity contribution in [3.05, 3.63) is 71.2 Å². The molecule has 0 aromatic heterocycles. The van der Waals surface area contributed by atoms with E-state index in [0.29, 0.717) is 18.5 Å². The molecule has 0 saturated carbocycles. The summed E-state index contributed by atoms with van der Waals surface area (Å²) < 4.78 is 13.4. The molecule has 1 heterocycles. The molecule has 0 unspecified atom stereocenters. The predicted molar refractivity (Wildman–Crippen MR) is 97.5 cm³/mol. The Morgan fingerprint density at radius 1 is 1.23 bits per heavy atom. The third kappa shape index (κ3) is 3.61. The molecule has 6 nitrogen and oxygen atoms in total. The van der Waals surface area contributed by atoms with Gasteiger partial charge in [-0.15, -0.1) is 0 Å². The van der Waals surface area contributed by atoms with Gasteiger partial charge in [0.05, 0.1) is 11.3 Å². The van der Waals surface area contributed by atoms with Crippen molar-refractivity contribution < 1.29 is 14.0 Å². The first-order valence-electron chi connectivity index (χ1n) is 7.99. The number of hydrogen-bond acceptors (Lipinski definition) is 4. The van der Waals surface area contributed by atoms with Gasteiger partial charge in [-0.05, 0) is 42.3 Å². The molecule has 26 heavy (non-hydrogen) atoms. The summed E-state index contributed by atoms with van der Waals surface area (Å²) in [5.41, 5.74) is 7.71. The Labute approximate surface area is 149 Å². The molecule has 132 valence electrons. The van der Waals surface area contributed by atoms with Crippen LogP contribution in [0, 0.1) is 11.2 Å². The Morgan fingerprint density at radius 3 is 2.77 bits per heavy atom. The fraction of sp³-hybridized carbons (Fsp3) is 0.105. The average Bonchev–Trinajstić information content (AvgIpc) is 2.62. The topological polar surface area (TPSA) is 108 Å². The van der Waals surface area contributed by atoms with Crippen LogP contribution in [0.25, 0.3) is 0 Å². The Hall–Kier alpha value is -3.48. The molecular weight excluding hydrogens is 335 g/mol. The molecular formula is C19H17FN4O2. The largest absolute Gasteiger partial charge is 0.404 e. The lowest BCUT2D eigenvalue weighted by Crippen LogP contribution is -2.23. The molecule has 0 radical (unpaired) electrons. The lowest BCUT2D eigenvalue weighted by atomic mass is 10.0. The first kappa shape index (κ1) is 17.3. The predicted octanol–water partition coefficient (Wildman–Crippen LogP) is 2.56. The second-order valence-electron chi connectivity index (χ2n) is 5.84. The summed E-state index contributed by atoms with van der Waals surface area (Å²) in [4.78, 5) is 23.9. The maximum Gasteiger partial charge on any atom is 0.259 e. The highest BCUT2D eigenvalue weighted by molar-refractivity contribution is 6.29. The van der Waals surface area contributed by atoms with E-state index in [2.05, 4.69) is 10.6 Å². The number of carbonyl (C=O) groups excluding carboxylic acids is 2. The van der Waals surface area contributed by atoms with Crippen LogP contribution in [0.2, 0.25) is 0 Å². The number of nitrogens with one attached hydrogen (secondary N) is 3. The zero-order valence-electron chi connectivity index (χ0n) is 13.8. The normalized spacial score (nSPS) is 13.6. The third-order valence-electron chi connectivity index (χ3n) is 4.05. The number of hydrogen-bond donors (Lipinski definition) is 4. The quantitative estimate of drug-likeness (QED) is 0.501. The fourth-order valence-corrected chi connectivity index (χ4v) is 2.73. The van der Waals surface area contributed by atoms with E-state index in [1.54, 1.807) is 18.2 Å². The van der Waals surface area contributed by atoms with Gasteiger partial charge >= 0.3 is 0 Å². The molecule has 2 aromatic rings. The molecule has 3 rings (SSSR count). The highest BCUT2D eigenvalue weighted by Gasteiger charge is 2.19. The summed E-state index contributed by atoms with van der Waals surface area (Å²) in [6.07, 6.45) is 2.01. The van der Waals surface area contributed by atoms with Crippen LogP contribution in [0.3, 0.4) is 0 Å². The number of carbonyl (C=O) groups is 2. The summed E-state index contributed by atoms with van der Waals surface area (Å²) in [6.45, 7) is 0. The van der Waals surface area contributed by atoms with E-state index >= 15 is 0 Å². The maximum atomic E-state index is 13.4. The van der Waals surface area contributed by atoms with Crippen LogP contribution < -0.4 is 16.4 Å². The summed E-state index contributed by atoms with van der Waals surface area (Å²) in [5, 5.41) is 13.6. The van der Waals surface area contributed by atoms with Crippen LogP contribution in [-0.4, -0.2) is 17.5 Å². The molecule has 1 aliphatic rings. The number of amides is 2. The first-order chi connectivity index (χ1) is 12.5. The molecule has 1 aliphatic heterocycles. The second-order valence-corrected chi connectivity index (χ2v) is 5.84. The van der Waals surface area contributed by atoms with Gasteiger partial charge in [0.1, 0.15) is 5.82 Å². The van der Waals surface area contributed by atoms with E-state index in [9.17, 15) is 14.0 Å². The number of aryl methyl sites for hydroxylation is 1. The number of halogens is 1. The molecule has 2 aromatic carbocycles. The van der Waals surface area contributed by atoms with Gasteiger partial charge in [-0.3, -0.25) is 15.0 Å². The maximum absolute atomic E-state index is 13.4. The molecule has 2 amide bonds. The monoisotopic (exact) mass is 352 g/mol. The summed E-state index contributed by atoms with van der Waals surface area (Å²) >= 11 is 0. The van der Waals surface area contributed by atoms with Gasteiger partial charge in [-0.25, -0.2) is 4.39 Å². The number of benzene rings is 2. The molecule has 0 bridgehead atoms. The Morgan fingerprint density at radius 2 is 2.04 bits per heavy atom. The molecule has 0 fully saturated rings. The zero-order chi connectivity index (χ0) is 18.7. The standard InChI is InChI=1S/C19H17FN4O2/c20-13-3-1-2-12(8-13)18(22)15(10-21)19(26)23-14-5-6-16-11(9-14)4-7-17(25)24-16/h1-3,5-6,8-10,22H,4,7,21H2,(H,23,26)(H,24,25)/b15-10+,22-18?. The van der Waals surface area contributed by atoms with Crippen molar-refractivity contribution in [3.63, 3.8) is 0 Å². The Kier molecular flexibility index (Phi) is 4.79. The molecule has 0 atom stereocenters. The van der Waals surface area contributed by atoms with Crippen LogP contribution in [-0.2, 0) is 16.0 Å². The highest BCUT2D eigenvalue weighted by Crippen LogP contribution is 2.26. The van der Waals surface area contributed by atoms with E-state index in [-0.39, 0.29) is 22.8 Å². The van der Waals surface area contributed by atoms with Gasteiger partial charge in [-0.1, -0.05) is 12.1 Å². The first-order valence-corrected chi connectivity index (χ1v) is 7.99. The van der Waals surface area contributed by atoms with E-state index in [4.69, 9.17) is 11.1 Å². The lowest BCUT2D eigenvalue weighted by Gasteiger charge is -2.18. The van der Waals surface area contributed by atoms with Crippen LogP contribution in [0.1, 0.15) is 17.5 Å². The third-order valence-corrected chi connectivity index (χ3v) is 4.05. The Balaban J connectivity index is 1.78. The minimum Gasteiger partial charge on any atom is -0.404 e. The molecule has 0 spiro atoms. The van der Waals surface area contributed by atoms with Crippen molar-refractivity contribution in [1.29, 1.82) is 5.41 Å². The van der Waals surface area contributed by atoms with Gasteiger partial charge in [0, 0.05) is 29.6 Å². The summed E-state index contributed by atoms with van der Waals surface area (Å²) in [5.74, 6) is -1.10. The van der Waals surface area contributed by atoms with Gasteiger partial charge in [-0.2, -0.15) is 0 Å². The second kappa shape index (κ2) is 7.18. The van der Waals surface area contributed by atoms with Crippen LogP contribution in [0.4, 0.5) is 15.8 Å². The van der Waals surface area contributed by atoms with Gasteiger partial charge in [0.15, 0.2) is 0 Å². The minimum absolute atomic E-state index is 0.0359. The van der Waals surface area contributed by atoms with E-state index in [1.807, 2.05) is 0 Å². The van der Waals surface area contributed by atoms with E-state index in [1.165, 1.54) is 24.3 Å². The number of anilines is 2. The molecule has 5 N–H and O–H groups in total. The van der Waals surface area contributed by atoms with Crippen molar-refractivity contribution in [1.82, 2.24) is 0 Å². The van der Waals surface area contributed by atoms with E-state index in [0.717, 1.165) is 17.5 Å². The van der Waals surface area contributed by atoms with Gasteiger partial charge in [0.2, 0.25) is 5.91 Å². The molecule has 0 aliphatic carbocycles. The summed E-state index contributed by atoms with van der Waals surface area (Å²) in [6, 6.07) is 10.6. The van der Waals surface area contributed by atoms with Crippen molar-refractivity contribution >= 4 is 28.9 Å². The molecule has 0 saturated heterocycles. The number of fused-ring (bicyclic) bond motifs is 1. The number of nitrogens with two attached hydrogens (primary N) is 1. The van der Waals surface area contributed by atoms with Crippen LogP contribution in [0.5, 0.6) is 0 Å². The van der Waals surface area contributed by atoms with Crippen molar-refractivity contribution in [2.75, 3.05) is 10.6 Å². The smallest absolute Gasteiger partial charge is 0.259 e. The SMILES string of the molecule is N=C(/C(=C\N)C(=O)Nc1ccc2c(c1)CCC(=O)N2)c1cccc(F)c1. The van der Waals surface area contributed by atoms with Crippen LogP contribution >= 0.6 is 0 Å². The van der Waals surface area contributed by atoms with Crippen molar-refractivity contribution in [2.24, 2.45) is 5.73 Å². The van der Waals surface area contributed by atoms with E-state index < -0.39 is 11.7 Å². The zero-order valence-corrected chi connectivity index (χ0v) is 13.8. The average molecular weight is 352 g/mol. The highest BCUT2D eigenvalue weighted by atomic mass is 19.1. The Bertz CT molecular complexity index is 937. The fourth-order valence-electron chi connectivity index (χ4n) is 2.73.